The van der Waals surface area contributed by atoms with Crippen molar-refractivity contribution in [3.63, 3.8) is 0 Å². The zero-order chi connectivity index (χ0) is 17.9. The van der Waals surface area contributed by atoms with Crippen molar-refractivity contribution in [1.29, 1.82) is 0 Å². The third-order valence-corrected chi connectivity index (χ3v) is 5.18. The molecule has 0 bridgehead atoms. The molecule has 0 aliphatic rings. The van der Waals surface area contributed by atoms with Gasteiger partial charge in [0.15, 0.2) is 0 Å². The fourth-order valence-electron chi connectivity index (χ4n) is 2.13. The molecule has 128 valence electrons. The molecular weight excluding hydrogens is 354 g/mol. The summed E-state index contributed by atoms with van der Waals surface area (Å²) in [4.78, 5) is 10.7. The van der Waals surface area contributed by atoms with E-state index in [1.165, 1.54) is 25.3 Å². The summed E-state index contributed by atoms with van der Waals surface area (Å²) in [7, 11) is -2.64. The first kappa shape index (κ1) is 18.1. The number of halogens is 1. The summed E-state index contributed by atoms with van der Waals surface area (Å²) >= 11 is 6.00. The second-order valence-electron chi connectivity index (χ2n) is 5.07. The van der Waals surface area contributed by atoms with E-state index in [1.807, 2.05) is 0 Å². The normalized spacial score (nSPS) is 11.1. The van der Waals surface area contributed by atoms with Gasteiger partial charge in [-0.25, -0.2) is 8.42 Å². The summed E-state index contributed by atoms with van der Waals surface area (Å²) in [6, 6.07) is 9.10. The van der Waals surface area contributed by atoms with Crippen LogP contribution in [0, 0.1) is 6.92 Å². The van der Waals surface area contributed by atoms with Crippen LogP contribution in [0.25, 0.3) is 0 Å². The first-order valence-corrected chi connectivity index (χ1v) is 8.77. The molecule has 0 saturated heterocycles. The number of sulfonamides is 1. The molecular formula is C16H16ClNO5S. The Kier molecular flexibility index (Phi) is 5.36. The lowest BCUT2D eigenvalue weighted by Crippen LogP contribution is -2.15. The summed E-state index contributed by atoms with van der Waals surface area (Å²) < 4.78 is 33.0. The number of anilines is 1. The molecule has 8 heteroatoms. The molecule has 0 radical (unpaired) electrons. The Balaban J connectivity index is 2.47. The monoisotopic (exact) mass is 369 g/mol. The maximum Gasteiger partial charge on any atom is 0.307 e. The first-order valence-electron chi connectivity index (χ1n) is 6.91. The molecule has 2 N–H and O–H groups in total. The van der Waals surface area contributed by atoms with Gasteiger partial charge in [-0.2, -0.15) is 0 Å². The van der Waals surface area contributed by atoms with Crippen LogP contribution in [0.3, 0.4) is 0 Å². The van der Waals surface area contributed by atoms with E-state index in [0.29, 0.717) is 21.8 Å². The van der Waals surface area contributed by atoms with E-state index in [9.17, 15) is 13.2 Å². The van der Waals surface area contributed by atoms with Gasteiger partial charge in [0.05, 0.1) is 19.2 Å². The van der Waals surface area contributed by atoms with Gasteiger partial charge in [0.25, 0.3) is 10.0 Å². The van der Waals surface area contributed by atoms with Crippen molar-refractivity contribution in [1.82, 2.24) is 0 Å². The summed E-state index contributed by atoms with van der Waals surface area (Å²) in [5.41, 5.74) is 1.28. The molecule has 2 aromatic carbocycles. The van der Waals surface area contributed by atoms with Gasteiger partial charge in [-0.3, -0.25) is 9.52 Å². The second kappa shape index (κ2) is 7.11. The van der Waals surface area contributed by atoms with Gasteiger partial charge in [0.1, 0.15) is 10.6 Å². The topological polar surface area (TPSA) is 92.7 Å². The molecule has 2 aromatic rings. The lowest BCUT2D eigenvalue weighted by Gasteiger charge is -2.14. The Morgan fingerprint density at radius 2 is 2.00 bits per heavy atom. The molecule has 0 spiro atoms. The molecule has 0 aromatic heterocycles. The number of benzene rings is 2. The van der Waals surface area contributed by atoms with Crippen molar-refractivity contribution in [3.8, 4) is 5.75 Å². The van der Waals surface area contributed by atoms with Crippen LogP contribution < -0.4 is 9.46 Å². The zero-order valence-corrected chi connectivity index (χ0v) is 14.6. The highest BCUT2D eigenvalue weighted by Gasteiger charge is 2.22. The first-order chi connectivity index (χ1) is 11.2. The van der Waals surface area contributed by atoms with Crippen LogP contribution in [0.15, 0.2) is 41.3 Å². The van der Waals surface area contributed by atoms with Gasteiger partial charge in [-0.15, -0.1) is 0 Å². The Labute approximate surface area is 145 Å². The fourth-order valence-corrected chi connectivity index (χ4v) is 3.65. The highest BCUT2D eigenvalue weighted by Crippen LogP contribution is 2.30. The predicted octanol–water partition coefficient (Wildman–Crippen LogP) is 3.08. The smallest absolute Gasteiger partial charge is 0.307 e. The number of hydrogen-bond acceptors (Lipinski definition) is 4. The van der Waals surface area contributed by atoms with Crippen LogP contribution in [0.5, 0.6) is 5.75 Å². The number of nitrogens with one attached hydrogen (secondary N) is 1. The standard InChI is InChI=1S/C16H16ClNO5S/c1-10-12(17)4-3-5-13(10)18-24(21,22)15-8-11(9-16(19)20)6-7-14(15)23-2/h3-8,18H,9H2,1-2H3,(H,19,20). The van der Waals surface area contributed by atoms with E-state index < -0.39 is 16.0 Å². The van der Waals surface area contributed by atoms with Crippen LogP contribution in [-0.4, -0.2) is 26.6 Å². The van der Waals surface area contributed by atoms with Crippen molar-refractivity contribution >= 4 is 33.3 Å². The minimum atomic E-state index is -3.98. The molecule has 0 aliphatic carbocycles. The second-order valence-corrected chi connectivity index (χ2v) is 7.13. The summed E-state index contributed by atoms with van der Waals surface area (Å²) in [5.74, 6) is -0.932. The van der Waals surface area contributed by atoms with Gasteiger partial charge in [0, 0.05) is 5.02 Å². The zero-order valence-electron chi connectivity index (χ0n) is 13.0. The van der Waals surface area contributed by atoms with Crippen LogP contribution in [-0.2, 0) is 21.2 Å². The quantitative estimate of drug-likeness (QED) is 0.816. The fraction of sp³-hybridized carbons (Fsp3) is 0.188. The van der Waals surface area contributed by atoms with Gasteiger partial charge in [0.2, 0.25) is 0 Å². The minimum Gasteiger partial charge on any atom is -0.495 e. The number of aliphatic carboxylic acids is 1. The number of ether oxygens (including phenoxy) is 1. The van der Waals surface area contributed by atoms with Crippen molar-refractivity contribution in [2.45, 2.75) is 18.2 Å². The molecule has 0 amide bonds. The van der Waals surface area contributed by atoms with Gasteiger partial charge >= 0.3 is 5.97 Å². The Hall–Kier alpha value is -2.25. The van der Waals surface area contributed by atoms with Crippen molar-refractivity contribution in [3.05, 3.63) is 52.5 Å². The lowest BCUT2D eigenvalue weighted by atomic mass is 10.1. The average Bonchev–Trinajstić information content (AvgIpc) is 2.51. The number of carboxylic acids is 1. The lowest BCUT2D eigenvalue weighted by molar-refractivity contribution is -0.136. The maximum atomic E-state index is 12.7. The largest absolute Gasteiger partial charge is 0.495 e. The van der Waals surface area contributed by atoms with Crippen LogP contribution >= 0.6 is 11.6 Å². The molecule has 0 atom stereocenters. The number of hydrogen-bond donors (Lipinski definition) is 2. The van der Waals surface area contributed by atoms with E-state index >= 15 is 0 Å². The third kappa shape index (κ3) is 3.98. The number of carboxylic acid groups (broad SMARTS) is 1. The van der Waals surface area contributed by atoms with E-state index in [4.69, 9.17) is 21.4 Å². The van der Waals surface area contributed by atoms with Crippen LogP contribution in [0.1, 0.15) is 11.1 Å². The third-order valence-electron chi connectivity index (χ3n) is 3.38. The number of rotatable bonds is 6. The molecule has 0 fully saturated rings. The molecule has 0 heterocycles. The van der Waals surface area contributed by atoms with Crippen LogP contribution in [0.2, 0.25) is 5.02 Å². The van der Waals surface area contributed by atoms with Gasteiger partial charge in [-0.05, 0) is 42.3 Å². The molecule has 0 aliphatic heterocycles. The van der Waals surface area contributed by atoms with E-state index in [1.54, 1.807) is 25.1 Å². The van der Waals surface area contributed by atoms with Crippen molar-refractivity contribution < 1.29 is 23.1 Å². The number of methoxy groups -OCH3 is 1. The number of carbonyl (C=O) groups is 1. The molecule has 0 unspecified atom stereocenters. The maximum absolute atomic E-state index is 12.7. The Morgan fingerprint density at radius 1 is 1.29 bits per heavy atom. The van der Waals surface area contributed by atoms with Gasteiger partial charge in [-0.1, -0.05) is 23.7 Å². The average molecular weight is 370 g/mol. The summed E-state index contributed by atoms with van der Waals surface area (Å²) in [5, 5.41) is 9.31. The van der Waals surface area contributed by atoms with E-state index in [-0.39, 0.29) is 17.1 Å². The molecule has 2 rings (SSSR count). The highest BCUT2D eigenvalue weighted by atomic mass is 35.5. The predicted molar refractivity (Wildman–Crippen MR) is 91.3 cm³/mol. The molecule has 6 nitrogen and oxygen atoms in total. The van der Waals surface area contributed by atoms with E-state index in [2.05, 4.69) is 4.72 Å². The Morgan fingerprint density at radius 3 is 2.62 bits per heavy atom. The summed E-state index contributed by atoms with van der Waals surface area (Å²) in [6.45, 7) is 1.69. The van der Waals surface area contributed by atoms with Crippen LogP contribution in [0.4, 0.5) is 5.69 Å². The highest BCUT2D eigenvalue weighted by molar-refractivity contribution is 7.92. The van der Waals surface area contributed by atoms with Gasteiger partial charge < -0.3 is 9.84 Å². The molecule has 0 saturated carbocycles. The Bertz CT molecular complexity index is 880. The molecule has 24 heavy (non-hydrogen) atoms. The SMILES string of the molecule is COc1ccc(CC(=O)O)cc1S(=O)(=O)Nc1cccc(Cl)c1C. The van der Waals surface area contributed by atoms with E-state index in [0.717, 1.165) is 0 Å². The minimum absolute atomic E-state index is 0.122. The summed E-state index contributed by atoms with van der Waals surface area (Å²) in [6.07, 6.45) is -0.289. The van der Waals surface area contributed by atoms with Crippen molar-refractivity contribution in [2.75, 3.05) is 11.8 Å². The van der Waals surface area contributed by atoms with Crippen molar-refractivity contribution in [2.24, 2.45) is 0 Å².